The van der Waals surface area contributed by atoms with Gasteiger partial charge in [-0.25, -0.2) is 0 Å². The lowest BCUT2D eigenvalue weighted by atomic mass is 10.3. The first-order valence-electron chi connectivity index (χ1n) is 6.25. The molecule has 0 aliphatic carbocycles. The molecular weight excluding hydrogens is 429 g/mol. The number of aryl methyl sites for hydroxylation is 2. The quantitative estimate of drug-likeness (QED) is 0.153. The molecule has 0 bridgehead atoms. The van der Waals surface area contributed by atoms with Gasteiger partial charge in [0.15, 0.2) is 6.20 Å². The van der Waals surface area contributed by atoms with Crippen LogP contribution in [0.25, 0.3) is 9.69 Å². The number of nitrogens with zero attached hydrogens (tertiary/aromatic N) is 4. The Morgan fingerprint density at radius 1 is 1.12 bits per heavy atom. The van der Waals surface area contributed by atoms with Gasteiger partial charge in [0.2, 0.25) is 5.15 Å². The van der Waals surface area contributed by atoms with Crippen molar-refractivity contribution in [3.63, 3.8) is 0 Å². The van der Waals surface area contributed by atoms with Gasteiger partial charge in [0, 0.05) is 11.6 Å². The average Bonchev–Trinajstić information content (AvgIpc) is 2.49. The molecule has 2 aromatic rings. The van der Waals surface area contributed by atoms with Gasteiger partial charge in [-0.2, -0.15) is 9.58 Å². The lowest BCUT2D eigenvalue weighted by Crippen LogP contribution is -2.25. The maximum atomic E-state index is 10.8. The van der Waals surface area contributed by atoms with Gasteiger partial charge in [-0.15, -0.1) is 4.98 Å². The van der Waals surface area contributed by atoms with Gasteiger partial charge in [-0.3, -0.25) is 4.57 Å². The molecule has 0 aromatic carbocycles. The van der Waals surface area contributed by atoms with E-state index in [1.54, 1.807) is 31.2 Å². The van der Waals surface area contributed by atoms with E-state index in [1.807, 2.05) is 6.92 Å². The average molecular weight is 440 g/mol. The van der Waals surface area contributed by atoms with E-state index in [4.69, 9.17) is 24.7 Å². The zero-order chi connectivity index (χ0) is 19.6. The highest BCUT2D eigenvalue weighted by Gasteiger charge is 2.05. The minimum Gasteiger partial charge on any atom is -0.629 e. The van der Waals surface area contributed by atoms with Crippen molar-refractivity contribution >= 4 is 62.2 Å². The van der Waals surface area contributed by atoms with E-state index in [0.29, 0.717) is 21.3 Å². The Morgan fingerprint density at radius 3 is 2.04 bits per heavy atom. The number of aromatic nitrogens is 2. The maximum Gasteiger partial charge on any atom is 0.433 e. The SMILES string of the molecule is O=P(Cl)(Cl)Cl.[C-]#[N+]c1c(C)ccc[n+]1[O-].[C-]#[N+]c1nc(Cl)ccc1C. The number of halogens is 4. The summed E-state index contributed by atoms with van der Waals surface area (Å²) in [7, 11) is 0. The molecule has 0 fully saturated rings. The first-order valence-corrected chi connectivity index (χ1v) is 11.1. The van der Waals surface area contributed by atoms with Gasteiger partial charge < -0.3 is 10.1 Å². The summed E-state index contributed by atoms with van der Waals surface area (Å²) in [6.45, 7) is 16.9. The van der Waals surface area contributed by atoms with Crippen LogP contribution < -0.4 is 4.73 Å². The molecule has 6 nitrogen and oxygen atoms in total. The molecule has 0 spiro atoms. The molecule has 25 heavy (non-hydrogen) atoms. The van der Waals surface area contributed by atoms with Gasteiger partial charge in [0.05, 0.1) is 0 Å². The molecule has 0 aliphatic rings. The van der Waals surface area contributed by atoms with Crippen molar-refractivity contribution in [2.45, 2.75) is 13.8 Å². The van der Waals surface area contributed by atoms with E-state index in [0.717, 1.165) is 5.56 Å². The fourth-order valence-electron chi connectivity index (χ4n) is 1.33. The van der Waals surface area contributed by atoms with Gasteiger partial charge in [-0.1, -0.05) is 18.7 Å². The molecule has 0 atom stereocenters. The Labute approximate surface area is 164 Å². The molecule has 0 unspecified atom stereocenters. The van der Waals surface area contributed by atoms with Crippen LogP contribution in [0, 0.1) is 32.2 Å². The van der Waals surface area contributed by atoms with Crippen molar-refractivity contribution in [3.05, 3.63) is 74.8 Å². The van der Waals surface area contributed by atoms with Crippen molar-refractivity contribution in [1.29, 1.82) is 0 Å². The summed E-state index contributed by atoms with van der Waals surface area (Å²) in [4.78, 5) is 10.1. The molecule has 0 amide bonds. The molecule has 2 rings (SSSR count). The topological polar surface area (TPSA) is 65.6 Å². The number of rotatable bonds is 0. The molecule has 0 N–H and O–H groups in total. The van der Waals surface area contributed by atoms with Crippen LogP contribution in [0.4, 0.5) is 11.6 Å². The van der Waals surface area contributed by atoms with Crippen molar-refractivity contribution < 1.29 is 9.30 Å². The third kappa shape index (κ3) is 10.8. The second-order valence-electron chi connectivity index (χ2n) is 4.24. The Kier molecular flexibility index (Phi) is 10.5. The normalized spacial score (nSPS) is 9.44. The highest BCUT2D eigenvalue weighted by atomic mass is 36.0. The molecule has 0 radical (unpaired) electrons. The maximum absolute atomic E-state index is 10.8. The zero-order valence-electron chi connectivity index (χ0n) is 13.0. The predicted molar refractivity (Wildman–Crippen MR) is 102 cm³/mol. The summed E-state index contributed by atoms with van der Waals surface area (Å²) in [5, 5.41) is 7.92. The summed E-state index contributed by atoms with van der Waals surface area (Å²) in [5.74, 6) is 0.537. The molecule has 11 heteroatoms. The summed E-state index contributed by atoms with van der Waals surface area (Å²) in [5.41, 5.74) is 1.58. The number of hydrogen-bond acceptors (Lipinski definition) is 3. The minimum atomic E-state index is -3.22. The summed E-state index contributed by atoms with van der Waals surface area (Å²) < 4.78 is 10.1. The lowest BCUT2D eigenvalue weighted by Gasteiger charge is -1.98. The van der Waals surface area contributed by atoms with Crippen LogP contribution in [-0.4, -0.2) is 4.98 Å². The summed E-state index contributed by atoms with van der Waals surface area (Å²) in [6.07, 6.45) is 1.32. The Balaban J connectivity index is 0.000000368. The van der Waals surface area contributed by atoms with E-state index in [-0.39, 0.29) is 5.82 Å². The lowest BCUT2D eigenvalue weighted by molar-refractivity contribution is -0.589. The molecule has 0 aliphatic heterocycles. The van der Waals surface area contributed by atoms with Crippen molar-refractivity contribution in [3.8, 4) is 0 Å². The molecule has 0 saturated heterocycles. The smallest absolute Gasteiger partial charge is 0.433 e. The summed E-state index contributed by atoms with van der Waals surface area (Å²) in [6, 6.07) is 6.81. The minimum absolute atomic E-state index is 0.155. The van der Waals surface area contributed by atoms with Gasteiger partial charge in [-0.05, 0) is 70.8 Å². The van der Waals surface area contributed by atoms with Crippen LogP contribution in [0.1, 0.15) is 11.1 Å². The molecule has 2 aromatic heterocycles. The van der Waals surface area contributed by atoms with E-state index in [2.05, 4.69) is 48.4 Å². The monoisotopic (exact) mass is 438 g/mol. The molecular formula is C14H11Cl4N4O2P. The summed E-state index contributed by atoms with van der Waals surface area (Å²) >= 11 is 19.4. The number of pyridine rings is 2. The van der Waals surface area contributed by atoms with Gasteiger partial charge in [0.25, 0.3) is 5.82 Å². The Hall–Kier alpha value is -1.53. The molecule has 0 saturated carbocycles. The standard InChI is InChI=1S/C7H5ClN2.C7H6N2O.Cl3OP/c1-5-3-4-6(8)10-7(5)9-2;1-6-4-3-5-9(10)7(6)8-2;1-5(2,3)4/h3-4H,1H3;3-5H,1H3;. The highest BCUT2D eigenvalue weighted by molar-refractivity contribution is 8.24. The second-order valence-corrected chi connectivity index (χ2v) is 11.3. The van der Waals surface area contributed by atoms with E-state index in [1.165, 1.54) is 6.20 Å². The van der Waals surface area contributed by atoms with Crippen molar-refractivity contribution in [1.82, 2.24) is 4.98 Å². The zero-order valence-corrected chi connectivity index (χ0v) is 16.9. The van der Waals surface area contributed by atoms with E-state index in [9.17, 15) is 9.77 Å². The van der Waals surface area contributed by atoms with E-state index >= 15 is 0 Å². The first-order chi connectivity index (χ1) is 11.5. The van der Waals surface area contributed by atoms with Crippen LogP contribution >= 0.6 is 50.5 Å². The largest absolute Gasteiger partial charge is 0.629 e. The van der Waals surface area contributed by atoms with Crippen molar-refractivity contribution in [2.24, 2.45) is 0 Å². The van der Waals surface area contributed by atoms with Crippen LogP contribution in [0.3, 0.4) is 0 Å². The van der Waals surface area contributed by atoms with Crippen LogP contribution in [-0.2, 0) is 4.57 Å². The fourth-order valence-corrected chi connectivity index (χ4v) is 1.47. The predicted octanol–water partition coefficient (Wildman–Crippen LogP) is 6.58. The fraction of sp³-hybridized carbons (Fsp3) is 0.143. The van der Waals surface area contributed by atoms with Crippen LogP contribution in [0.5, 0.6) is 0 Å². The highest BCUT2D eigenvalue weighted by Crippen LogP contribution is 2.61. The Morgan fingerprint density at radius 2 is 1.68 bits per heavy atom. The van der Waals surface area contributed by atoms with Crippen molar-refractivity contribution in [2.75, 3.05) is 0 Å². The third-order valence-electron chi connectivity index (χ3n) is 2.38. The van der Waals surface area contributed by atoms with E-state index < -0.39 is 5.20 Å². The number of hydrogen-bond donors (Lipinski definition) is 0. The first kappa shape index (κ1) is 23.5. The second kappa shape index (κ2) is 11.2. The van der Waals surface area contributed by atoms with Gasteiger partial charge >= 0.3 is 11.0 Å². The van der Waals surface area contributed by atoms with Crippen LogP contribution in [0.2, 0.25) is 5.15 Å². The van der Waals surface area contributed by atoms with Crippen LogP contribution in [0.15, 0.2) is 30.5 Å². The van der Waals surface area contributed by atoms with Gasteiger partial charge in [0.1, 0.15) is 6.57 Å². The molecule has 2 heterocycles. The molecule has 132 valence electrons. The Bertz CT molecular complexity index is 830. The third-order valence-corrected chi connectivity index (χ3v) is 2.59.